The minimum atomic E-state index is 0.0305. The van der Waals surface area contributed by atoms with Crippen LogP contribution in [0, 0.1) is 12.8 Å². The summed E-state index contributed by atoms with van der Waals surface area (Å²) < 4.78 is 7.60. The van der Waals surface area contributed by atoms with Crippen LogP contribution in [-0.2, 0) is 11.8 Å². The molecule has 37 heavy (non-hydrogen) atoms. The van der Waals surface area contributed by atoms with E-state index in [0.29, 0.717) is 5.92 Å². The van der Waals surface area contributed by atoms with Gasteiger partial charge in [0, 0.05) is 17.1 Å². The molecule has 0 spiro atoms. The number of pyridine rings is 1. The fourth-order valence-electron chi connectivity index (χ4n) is 5.46. The second kappa shape index (κ2) is 8.85. The first kappa shape index (κ1) is 23.9. The van der Waals surface area contributed by atoms with Gasteiger partial charge < -0.3 is 4.42 Å². The van der Waals surface area contributed by atoms with E-state index in [0.717, 1.165) is 23.5 Å². The summed E-state index contributed by atoms with van der Waals surface area (Å²) in [5, 5.41) is 4.99. The first-order valence-electron chi connectivity index (χ1n) is 13.1. The van der Waals surface area contributed by atoms with Crippen LogP contribution < -0.4 is 0 Å². The van der Waals surface area contributed by atoms with E-state index < -0.39 is 0 Å². The van der Waals surface area contributed by atoms with Crippen LogP contribution in [0.15, 0.2) is 77.3 Å². The summed E-state index contributed by atoms with van der Waals surface area (Å²) in [7, 11) is 0. The van der Waals surface area contributed by atoms with Crippen molar-refractivity contribution in [2.24, 2.45) is 5.92 Å². The minimum absolute atomic E-state index is 0.0305. The molecule has 0 aliphatic rings. The van der Waals surface area contributed by atoms with E-state index in [-0.39, 0.29) is 5.41 Å². The summed E-state index contributed by atoms with van der Waals surface area (Å²) >= 11 is 1.79. The fraction of sp³-hybridized carbons (Fsp3) is 0.265. The van der Waals surface area contributed by atoms with Gasteiger partial charge in [0.2, 0.25) is 0 Å². The molecule has 0 saturated carbocycles. The Morgan fingerprint density at radius 3 is 2.49 bits per heavy atom. The van der Waals surface area contributed by atoms with Gasteiger partial charge in [-0.05, 0) is 93.9 Å². The molecule has 0 atom stereocenters. The summed E-state index contributed by atoms with van der Waals surface area (Å²) in [6.07, 6.45) is 3.03. The van der Waals surface area contributed by atoms with Crippen LogP contribution in [0.25, 0.3) is 53.7 Å². The monoisotopic (exact) mass is 503 g/mol. The number of hydrogen-bond donors (Lipinski definition) is 0. The SMILES string of the molecule is Cc1c(-c2cc3cc(CC(C)C)ccc3o2)sc2c(-c3cc(C(C)(C)C)c4ccccc4c3)nccc12. The number of fused-ring (bicyclic) bond motifs is 3. The molecular weight excluding hydrogens is 470 g/mol. The Morgan fingerprint density at radius 2 is 1.70 bits per heavy atom. The molecule has 0 aliphatic heterocycles. The van der Waals surface area contributed by atoms with Crippen LogP contribution in [0.1, 0.15) is 51.3 Å². The molecule has 0 bridgehead atoms. The number of aryl methyl sites for hydroxylation is 1. The third-order valence-electron chi connectivity index (χ3n) is 7.24. The minimum Gasteiger partial charge on any atom is -0.455 e. The van der Waals surface area contributed by atoms with E-state index in [9.17, 15) is 0 Å². The number of thiophene rings is 1. The number of hydrogen-bond acceptors (Lipinski definition) is 3. The molecule has 0 radical (unpaired) electrons. The lowest BCUT2D eigenvalue weighted by atomic mass is 9.82. The van der Waals surface area contributed by atoms with Gasteiger partial charge in [0.05, 0.1) is 15.3 Å². The molecule has 0 unspecified atom stereocenters. The molecule has 6 aromatic rings. The second-order valence-electron chi connectivity index (χ2n) is 11.7. The number of furan rings is 1. The van der Waals surface area contributed by atoms with Gasteiger partial charge in [-0.3, -0.25) is 4.98 Å². The predicted molar refractivity (Wildman–Crippen MR) is 160 cm³/mol. The molecule has 3 aromatic heterocycles. The topological polar surface area (TPSA) is 26.0 Å². The average molecular weight is 504 g/mol. The van der Waals surface area contributed by atoms with Crippen molar-refractivity contribution in [3.05, 3.63) is 89.6 Å². The maximum atomic E-state index is 6.38. The molecule has 0 aliphatic carbocycles. The maximum Gasteiger partial charge on any atom is 0.145 e. The van der Waals surface area contributed by atoms with E-state index in [4.69, 9.17) is 9.40 Å². The zero-order valence-electron chi connectivity index (χ0n) is 22.5. The molecule has 3 heteroatoms. The molecule has 186 valence electrons. The van der Waals surface area contributed by atoms with Gasteiger partial charge in [-0.15, -0.1) is 11.3 Å². The van der Waals surface area contributed by atoms with Gasteiger partial charge in [-0.25, -0.2) is 0 Å². The van der Waals surface area contributed by atoms with E-state index in [2.05, 4.69) is 108 Å². The van der Waals surface area contributed by atoms with Crippen LogP contribution in [0.3, 0.4) is 0 Å². The Bertz CT molecular complexity index is 1780. The summed E-state index contributed by atoms with van der Waals surface area (Å²) in [6, 6.07) is 24.3. The molecule has 3 heterocycles. The van der Waals surface area contributed by atoms with E-state index in [1.54, 1.807) is 11.3 Å². The molecule has 2 nitrogen and oxygen atoms in total. The lowest BCUT2D eigenvalue weighted by Gasteiger charge is -2.22. The third-order valence-corrected chi connectivity index (χ3v) is 8.57. The van der Waals surface area contributed by atoms with E-state index in [1.165, 1.54) is 53.4 Å². The molecular formula is C34H33NOS. The number of benzene rings is 3. The van der Waals surface area contributed by atoms with Crippen LogP contribution in [0.4, 0.5) is 0 Å². The highest BCUT2D eigenvalue weighted by atomic mass is 32.1. The summed E-state index contributed by atoms with van der Waals surface area (Å²) in [5.41, 5.74) is 7.16. The molecule has 0 saturated heterocycles. The first-order chi connectivity index (χ1) is 17.7. The predicted octanol–water partition coefficient (Wildman–Crippen LogP) is 10.3. The van der Waals surface area contributed by atoms with Crippen LogP contribution in [0.5, 0.6) is 0 Å². The van der Waals surface area contributed by atoms with Crippen molar-refractivity contribution in [1.82, 2.24) is 4.98 Å². The lowest BCUT2D eigenvalue weighted by molar-refractivity contribution is 0.596. The van der Waals surface area contributed by atoms with Gasteiger partial charge in [0.1, 0.15) is 11.3 Å². The molecule has 3 aromatic carbocycles. The van der Waals surface area contributed by atoms with Crippen LogP contribution >= 0.6 is 11.3 Å². The van der Waals surface area contributed by atoms with Crippen LogP contribution in [0.2, 0.25) is 0 Å². The summed E-state index contributed by atoms with van der Waals surface area (Å²) in [5.74, 6) is 1.57. The second-order valence-corrected chi connectivity index (χ2v) is 12.7. The van der Waals surface area contributed by atoms with Crippen molar-refractivity contribution >= 4 is 43.2 Å². The summed E-state index contributed by atoms with van der Waals surface area (Å²) in [6.45, 7) is 13.6. The average Bonchev–Trinajstić information content (AvgIpc) is 3.43. The largest absolute Gasteiger partial charge is 0.455 e. The van der Waals surface area contributed by atoms with Gasteiger partial charge in [0.15, 0.2) is 0 Å². The van der Waals surface area contributed by atoms with Crippen molar-refractivity contribution in [3.63, 3.8) is 0 Å². The van der Waals surface area contributed by atoms with Gasteiger partial charge in [0.25, 0.3) is 0 Å². The van der Waals surface area contributed by atoms with E-state index in [1.807, 2.05) is 6.20 Å². The Morgan fingerprint density at radius 1 is 0.892 bits per heavy atom. The Balaban J connectivity index is 1.52. The highest BCUT2D eigenvalue weighted by Crippen LogP contribution is 2.44. The Hall–Kier alpha value is -3.43. The highest BCUT2D eigenvalue weighted by molar-refractivity contribution is 7.23. The van der Waals surface area contributed by atoms with E-state index >= 15 is 0 Å². The van der Waals surface area contributed by atoms with Crippen molar-refractivity contribution in [3.8, 4) is 21.9 Å². The van der Waals surface area contributed by atoms with Crippen molar-refractivity contribution in [2.45, 2.75) is 53.4 Å². The third kappa shape index (κ3) is 4.26. The van der Waals surface area contributed by atoms with Gasteiger partial charge in [-0.1, -0.05) is 65.0 Å². The van der Waals surface area contributed by atoms with Crippen molar-refractivity contribution in [1.29, 1.82) is 0 Å². The quantitative estimate of drug-likeness (QED) is 0.239. The zero-order valence-corrected chi connectivity index (χ0v) is 23.3. The highest BCUT2D eigenvalue weighted by Gasteiger charge is 2.21. The maximum absolute atomic E-state index is 6.38. The number of aromatic nitrogens is 1. The number of rotatable bonds is 4. The van der Waals surface area contributed by atoms with Gasteiger partial charge >= 0.3 is 0 Å². The van der Waals surface area contributed by atoms with Gasteiger partial charge in [-0.2, -0.15) is 0 Å². The standard InChI is InChI=1S/C34H33NOS/c1-20(2)15-22-11-12-29-24(16-22)19-30(36-29)32-21(3)26-13-14-35-31(33(26)37-32)25-17-23-9-7-8-10-27(23)28(18-25)34(4,5)6/h7-14,16-20H,15H2,1-6H3. The van der Waals surface area contributed by atoms with Crippen molar-refractivity contribution < 1.29 is 4.42 Å². The molecule has 0 N–H and O–H groups in total. The Kier molecular flexibility index (Phi) is 5.72. The first-order valence-corrected chi connectivity index (χ1v) is 14.0. The smallest absolute Gasteiger partial charge is 0.145 e. The fourth-order valence-corrected chi connectivity index (χ4v) is 6.73. The Labute approximate surface area is 223 Å². The summed E-state index contributed by atoms with van der Waals surface area (Å²) in [4.78, 5) is 6.10. The molecule has 0 amide bonds. The van der Waals surface area contributed by atoms with Crippen LogP contribution in [-0.4, -0.2) is 4.98 Å². The normalized spacial score (nSPS) is 12.4. The number of nitrogens with zero attached hydrogens (tertiary/aromatic N) is 1. The molecule has 6 rings (SSSR count). The molecule has 0 fully saturated rings. The zero-order chi connectivity index (χ0) is 25.9. The van der Waals surface area contributed by atoms with Crippen molar-refractivity contribution in [2.75, 3.05) is 0 Å². The lowest BCUT2D eigenvalue weighted by Crippen LogP contribution is -2.12.